The van der Waals surface area contributed by atoms with E-state index in [1.54, 1.807) is 13.2 Å². The molecule has 1 aliphatic carbocycles. The summed E-state index contributed by atoms with van der Waals surface area (Å²) < 4.78 is 11.1. The fourth-order valence-electron chi connectivity index (χ4n) is 2.26. The maximum atomic E-state index is 10.9. The summed E-state index contributed by atoms with van der Waals surface area (Å²) in [6.45, 7) is 0. The molecule has 0 radical (unpaired) electrons. The fraction of sp³-hybridized carbons (Fsp3) is 0.500. The summed E-state index contributed by atoms with van der Waals surface area (Å²) in [5.41, 5.74) is 0.224. The van der Waals surface area contributed by atoms with E-state index in [-0.39, 0.29) is 11.7 Å². The van der Waals surface area contributed by atoms with Crippen LogP contribution in [0, 0.1) is 0 Å². The smallest absolute Gasteiger partial charge is 0.335 e. The normalized spacial score (nSPS) is 16.3. The third-order valence-electron chi connectivity index (χ3n) is 3.26. The van der Waals surface area contributed by atoms with E-state index in [1.165, 1.54) is 31.4 Å². The van der Waals surface area contributed by atoms with E-state index in [4.69, 9.17) is 14.6 Å². The quantitative estimate of drug-likeness (QED) is 0.892. The van der Waals surface area contributed by atoms with Gasteiger partial charge in [0, 0.05) is 0 Å². The van der Waals surface area contributed by atoms with Crippen molar-refractivity contribution in [1.29, 1.82) is 0 Å². The summed E-state index contributed by atoms with van der Waals surface area (Å²) >= 11 is 0. The van der Waals surface area contributed by atoms with Gasteiger partial charge in [-0.1, -0.05) is 6.42 Å². The van der Waals surface area contributed by atoms with E-state index < -0.39 is 5.97 Å². The molecule has 2 rings (SSSR count). The summed E-state index contributed by atoms with van der Waals surface area (Å²) in [6, 6.07) is 4.70. The highest BCUT2D eigenvalue weighted by atomic mass is 16.5. The Kier molecular flexibility index (Phi) is 4.07. The van der Waals surface area contributed by atoms with Crippen molar-refractivity contribution in [2.45, 2.75) is 38.2 Å². The fourth-order valence-corrected chi connectivity index (χ4v) is 2.26. The lowest BCUT2D eigenvalue weighted by Crippen LogP contribution is -2.20. The number of aromatic carboxylic acids is 1. The summed E-state index contributed by atoms with van der Waals surface area (Å²) in [5.74, 6) is 0.168. The van der Waals surface area contributed by atoms with Crippen molar-refractivity contribution >= 4 is 5.97 Å². The highest BCUT2D eigenvalue weighted by Gasteiger charge is 2.18. The molecule has 1 aliphatic rings. The molecule has 0 bridgehead atoms. The second-order valence-electron chi connectivity index (χ2n) is 4.55. The summed E-state index contributed by atoms with van der Waals surface area (Å²) in [7, 11) is 1.56. The first kappa shape index (κ1) is 12.7. The summed E-state index contributed by atoms with van der Waals surface area (Å²) in [6.07, 6.45) is 5.83. The van der Waals surface area contributed by atoms with E-state index in [0.29, 0.717) is 11.5 Å². The molecule has 4 nitrogen and oxygen atoms in total. The number of carboxylic acids is 1. The lowest BCUT2D eigenvalue weighted by atomic mass is 9.98. The molecule has 1 fully saturated rings. The molecule has 0 amide bonds. The molecule has 0 saturated heterocycles. The van der Waals surface area contributed by atoms with Gasteiger partial charge in [-0.3, -0.25) is 0 Å². The van der Waals surface area contributed by atoms with Crippen molar-refractivity contribution in [2.75, 3.05) is 7.11 Å². The van der Waals surface area contributed by atoms with Gasteiger partial charge in [-0.15, -0.1) is 0 Å². The minimum absolute atomic E-state index is 0.177. The van der Waals surface area contributed by atoms with Crippen LogP contribution in [0.2, 0.25) is 0 Å². The van der Waals surface area contributed by atoms with Gasteiger partial charge < -0.3 is 14.6 Å². The molecule has 1 N–H and O–H groups in total. The molecule has 0 atom stereocenters. The summed E-state index contributed by atoms with van der Waals surface area (Å²) in [4.78, 5) is 10.9. The highest BCUT2D eigenvalue weighted by molar-refractivity contribution is 5.88. The molecule has 98 valence electrons. The van der Waals surface area contributed by atoms with Crippen LogP contribution in [-0.4, -0.2) is 24.3 Å². The SMILES string of the molecule is COc1ccc(C(=O)O)cc1OC1CCCCC1. The molecule has 1 saturated carbocycles. The predicted molar refractivity (Wildman–Crippen MR) is 67.5 cm³/mol. The Bertz CT molecular complexity index is 422. The third kappa shape index (κ3) is 2.94. The molecule has 0 aliphatic heterocycles. The Balaban J connectivity index is 2.17. The van der Waals surface area contributed by atoms with Gasteiger partial charge in [0.15, 0.2) is 11.5 Å². The van der Waals surface area contributed by atoms with Gasteiger partial charge in [-0.05, 0) is 43.9 Å². The number of hydrogen-bond acceptors (Lipinski definition) is 3. The zero-order valence-electron chi connectivity index (χ0n) is 10.5. The van der Waals surface area contributed by atoms with Crippen LogP contribution in [0.15, 0.2) is 18.2 Å². The number of ether oxygens (including phenoxy) is 2. The number of carboxylic acid groups (broad SMARTS) is 1. The van der Waals surface area contributed by atoms with Crippen molar-refractivity contribution in [2.24, 2.45) is 0 Å². The van der Waals surface area contributed by atoms with Gasteiger partial charge in [0.1, 0.15) is 0 Å². The molecule has 0 heterocycles. The number of carbonyl (C=O) groups is 1. The zero-order valence-corrected chi connectivity index (χ0v) is 10.5. The molecule has 18 heavy (non-hydrogen) atoms. The van der Waals surface area contributed by atoms with Gasteiger partial charge in [0.2, 0.25) is 0 Å². The van der Waals surface area contributed by atoms with Crippen LogP contribution in [-0.2, 0) is 0 Å². The van der Waals surface area contributed by atoms with E-state index in [9.17, 15) is 4.79 Å². The lowest BCUT2D eigenvalue weighted by molar-refractivity contribution is 0.0695. The first-order chi connectivity index (χ1) is 8.70. The van der Waals surface area contributed by atoms with Gasteiger partial charge in [-0.25, -0.2) is 4.79 Å². The van der Waals surface area contributed by atoms with Gasteiger partial charge in [-0.2, -0.15) is 0 Å². The Hall–Kier alpha value is -1.71. The number of hydrogen-bond donors (Lipinski definition) is 1. The zero-order chi connectivity index (χ0) is 13.0. The van der Waals surface area contributed by atoms with Crippen LogP contribution in [0.5, 0.6) is 11.5 Å². The van der Waals surface area contributed by atoms with E-state index in [0.717, 1.165) is 12.8 Å². The lowest BCUT2D eigenvalue weighted by Gasteiger charge is -2.24. The first-order valence-electron chi connectivity index (χ1n) is 6.28. The number of rotatable bonds is 4. The van der Waals surface area contributed by atoms with E-state index in [1.807, 2.05) is 0 Å². The first-order valence-corrected chi connectivity index (χ1v) is 6.28. The van der Waals surface area contributed by atoms with Crippen LogP contribution in [0.1, 0.15) is 42.5 Å². The second-order valence-corrected chi connectivity index (χ2v) is 4.55. The topological polar surface area (TPSA) is 55.8 Å². The Morgan fingerprint density at radius 2 is 1.94 bits per heavy atom. The maximum absolute atomic E-state index is 10.9. The number of methoxy groups -OCH3 is 1. The molecular formula is C14H18O4. The molecule has 1 aromatic carbocycles. The standard InChI is InChI=1S/C14H18O4/c1-17-12-8-7-10(14(15)16)9-13(12)18-11-5-3-2-4-6-11/h7-9,11H,2-6H2,1H3,(H,15,16). The Labute approximate surface area is 107 Å². The molecule has 4 heteroatoms. The second kappa shape index (κ2) is 5.76. The van der Waals surface area contributed by atoms with Crippen molar-refractivity contribution in [3.63, 3.8) is 0 Å². The van der Waals surface area contributed by atoms with Crippen LogP contribution < -0.4 is 9.47 Å². The Morgan fingerprint density at radius 3 is 2.56 bits per heavy atom. The largest absolute Gasteiger partial charge is 0.493 e. The monoisotopic (exact) mass is 250 g/mol. The van der Waals surface area contributed by atoms with Crippen LogP contribution in [0.25, 0.3) is 0 Å². The Morgan fingerprint density at radius 1 is 1.22 bits per heavy atom. The van der Waals surface area contributed by atoms with E-state index >= 15 is 0 Å². The molecular weight excluding hydrogens is 232 g/mol. The van der Waals surface area contributed by atoms with Crippen molar-refractivity contribution < 1.29 is 19.4 Å². The van der Waals surface area contributed by atoms with Crippen molar-refractivity contribution in [1.82, 2.24) is 0 Å². The van der Waals surface area contributed by atoms with Crippen molar-refractivity contribution in [3.05, 3.63) is 23.8 Å². The maximum Gasteiger partial charge on any atom is 0.335 e. The molecule has 1 aromatic rings. The summed E-state index contributed by atoms with van der Waals surface area (Å²) in [5, 5.41) is 8.98. The molecule has 0 aromatic heterocycles. The highest BCUT2D eigenvalue weighted by Crippen LogP contribution is 2.31. The minimum Gasteiger partial charge on any atom is -0.493 e. The minimum atomic E-state index is -0.953. The van der Waals surface area contributed by atoms with Crippen LogP contribution in [0.3, 0.4) is 0 Å². The van der Waals surface area contributed by atoms with E-state index in [2.05, 4.69) is 0 Å². The molecule has 0 spiro atoms. The molecule has 0 unspecified atom stereocenters. The number of benzene rings is 1. The van der Waals surface area contributed by atoms with Gasteiger partial charge >= 0.3 is 5.97 Å². The average molecular weight is 250 g/mol. The van der Waals surface area contributed by atoms with Gasteiger partial charge in [0.05, 0.1) is 18.8 Å². The van der Waals surface area contributed by atoms with Gasteiger partial charge in [0.25, 0.3) is 0 Å². The van der Waals surface area contributed by atoms with Crippen LogP contribution >= 0.6 is 0 Å². The predicted octanol–water partition coefficient (Wildman–Crippen LogP) is 3.10. The average Bonchev–Trinajstić information content (AvgIpc) is 2.39. The van der Waals surface area contributed by atoms with Crippen molar-refractivity contribution in [3.8, 4) is 11.5 Å². The third-order valence-corrected chi connectivity index (χ3v) is 3.26. The van der Waals surface area contributed by atoms with Crippen LogP contribution in [0.4, 0.5) is 0 Å².